The summed E-state index contributed by atoms with van der Waals surface area (Å²) in [6.07, 6.45) is 4.80. The molecule has 6 heteroatoms. The highest BCUT2D eigenvalue weighted by molar-refractivity contribution is 5.79. The predicted molar refractivity (Wildman–Crippen MR) is 93.1 cm³/mol. The van der Waals surface area contributed by atoms with Crippen LogP contribution in [0.1, 0.15) is 30.7 Å². The van der Waals surface area contributed by atoms with Gasteiger partial charge in [-0.05, 0) is 5.56 Å². The Bertz CT molecular complexity index is 741. The fourth-order valence-corrected chi connectivity index (χ4v) is 3.53. The van der Waals surface area contributed by atoms with E-state index in [1.54, 1.807) is 11.1 Å². The number of nitrogens with zero attached hydrogens (tertiary/aromatic N) is 3. The summed E-state index contributed by atoms with van der Waals surface area (Å²) in [5, 5.41) is 9.54. The number of benzene rings is 1. The second kappa shape index (κ2) is 7.51. The molecular weight excluding hydrogens is 318 g/mol. The fraction of sp³-hybridized carbons (Fsp3) is 0.421. The number of imidazole rings is 1. The standard InChI is InChI=1S/C19H23N3O3/c1-2-17-20-9-11-21(17)10-8-18(23)22-12-15(16(13-22)19(24)25)14-6-4-3-5-7-14/h3-7,9,11,15-16H,2,8,10,12-13H2,1H3,(H,24,25)/t15-,16+/m0/s1. The molecule has 2 atom stereocenters. The first-order valence-electron chi connectivity index (χ1n) is 8.65. The van der Waals surface area contributed by atoms with Crippen molar-refractivity contribution < 1.29 is 14.7 Å². The van der Waals surface area contributed by atoms with Crippen molar-refractivity contribution in [3.63, 3.8) is 0 Å². The number of carboxylic acid groups (broad SMARTS) is 1. The fourth-order valence-electron chi connectivity index (χ4n) is 3.53. The van der Waals surface area contributed by atoms with Gasteiger partial charge in [0.15, 0.2) is 0 Å². The van der Waals surface area contributed by atoms with Gasteiger partial charge >= 0.3 is 5.97 Å². The van der Waals surface area contributed by atoms with E-state index in [1.807, 2.05) is 48.0 Å². The van der Waals surface area contributed by atoms with Crippen LogP contribution in [0.3, 0.4) is 0 Å². The summed E-state index contributed by atoms with van der Waals surface area (Å²) in [6, 6.07) is 9.60. The van der Waals surface area contributed by atoms with E-state index < -0.39 is 11.9 Å². The molecule has 1 fully saturated rings. The van der Waals surface area contributed by atoms with E-state index in [2.05, 4.69) is 4.98 Å². The number of hydrogen-bond donors (Lipinski definition) is 1. The van der Waals surface area contributed by atoms with Gasteiger partial charge in [0, 0.05) is 50.8 Å². The molecular formula is C19H23N3O3. The van der Waals surface area contributed by atoms with Gasteiger partial charge in [-0.1, -0.05) is 37.3 Å². The number of aliphatic carboxylic acids is 1. The molecule has 1 aromatic heterocycles. The van der Waals surface area contributed by atoms with E-state index in [1.165, 1.54) is 0 Å². The van der Waals surface area contributed by atoms with Crippen LogP contribution in [0.4, 0.5) is 0 Å². The molecule has 0 aliphatic carbocycles. The maximum absolute atomic E-state index is 12.6. The number of carbonyl (C=O) groups is 2. The van der Waals surface area contributed by atoms with Crippen LogP contribution < -0.4 is 0 Å². The molecule has 3 rings (SSSR count). The summed E-state index contributed by atoms with van der Waals surface area (Å²) in [4.78, 5) is 30.2. The van der Waals surface area contributed by atoms with Crippen LogP contribution in [0.2, 0.25) is 0 Å². The number of aromatic nitrogens is 2. The molecule has 0 radical (unpaired) electrons. The SMILES string of the molecule is CCc1nccn1CCC(=O)N1C[C@@H](C(=O)O)[C@H](c2ccccc2)C1. The molecule has 0 spiro atoms. The van der Waals surface area contributed by atoms with Gasteiger partial charge in [-0.15, -0.1) is 0 Å². The van der Waals surface area contributed by atoms with Crippen LogP contribution >= 0.6 is 0 Å². The second-order valence-electron chi connectivity index (χ2n) is 6.40. The Morgan fingerprint density at radius 1 is 1.24 bits per heavy atom. The van der Waals surface area contributed by atoms with Gasteiger partial charge in [0.05, 0.1) is 5.92 Å². The van der Waals surface area contributed by atoms with Crippen LogP contribution in [0, 0.1) is 5.92 Å². The van der Waals surface area contributed by atoms with Crippen molar-refractivity contribution in [2.75, 3.05) is 13.1 Å². The highest BCUT2D eigenvalue weighted by Crippen LogP contribution is 2.33. The minimum atomic E-state index is -0.841. The van der Waals surface area contributed by atoms with Gasteiger partial charge in [0.2, 0.25) is 5.91 Å². The summed E-state index contributed by atoms with van der Waals surface area (Å²) >= 11 is 0. The number of carbonyl (C=O) groups excluding carboxylic acids is 1. The van der Waals surface area contributed by atoms with Crippen molar-refractivity contribution in [2.24, 2.45) is 5.92 Å². The average molecular weight is 341 g/mol. The Labute approximate surface area is 147 Å². The normalized spacial score (nSPS) is 20.0. The third-order valence-electron chi connectivity index (χ3n) is 4.90. The Hall–Kier alpha value is -2.63. The lowest BCUT2D eigenvalue weighted by Gasteiger charge is -2.17. The summed E-state index contributed by atoms with van der Waals surface area (Å²) in [5.41, 5.74) is 0.980. The Morgan fingerprint density at radius 3 is 2.68 bits per heavy atom. The molecule has 1 aliphatic rings. The van der Waals surface area contributed by atoms with Crippen LogP contribution in [-0.2, 0) is 22.6 Å². The van der Waals surface area contributed by atoms with Crippen molar-refractivity contribution >= 4 is 11.9 Å². The van der Waals surface area contributed by atoms with E-state index >= 15 is 0 Å². The highest BCUT2D eigenvalue weighted by Gasteiger charge is 2.40. The lowest BCUT2D eigenvalue weighted by molar-refractivity contribution is -0.141. The molecule has 1 N–H and O–H groups in total. The number of likely N-dealkylation sites (tertiary alicyclic amines) is 1. The molecule has 1 aromatic carbocycles. The molecule has 1 aliphatic heterocycles. The monoisotopic (exact) mass is 341 g/mol. The van der Waals surface area contributed by atoms with Crippen molar-refractivity contribution in [2.45, 2.75) is 32.2 Å². The molecule has 0 unspecified atom stereocenters. The number of aryl methyl sites for hydroxylation is 2. The second-order valence-corrected chi connectivity index (χ2v) is 6.40. The number of carboxylic acids is 1. The molecule has 6 nitrogen and oxygen atoms in total. The van der Waals surface area contributed by atoms with Gasteiger partial charge in [-0.3, -0.25) is 9.59 Å². The van der Waals surface area contributed by atoms with E-state index in [9.17, 15) is 14.7 Å². The quantitative estimate of drug-likeness (QED) is 0.874. The first-order valence-corrected chi connectivity index (χ1v) is 8.65. The summed E-state index contributed by atoms with van der Waals surface area (Å²) in [5.74, 6) is -0.583. The lowest BCUT2D eigenvalue weighted by Crippen LogP contribution is -2.30. The Morgan fingerprint density at radius 2 is 2.00 bits per heavy atom. The van der Waals surface area contributed by atoms with Crippen molar-refractivity contribution in [3.05, 3.63) is 54.1 Å². The summed E-state index contributed by atoms with van der Waals surface area (Å²) in [6.45, 7) is 3.35. The van der Waals surface area contributed by atoms with Crippen LogP contribution in [0.15, 0.2) is 42.7 Å². The molecule has 0 saturated carbocycles. The van der Waals surface area contributed by atoms with Crippen LogP contribution in [0.25, 0.3) is 0 Å². The van der Waals surface area contributed by atoms with Gasteiger partial charge in [-0.25, -0.2) is 4.98 Å². The van der Waals surface area contributed by atoms with Gasteiger partial charge in [-0.2, -0.15) is 0 Å². The smallest absolute Gasteiger partial charge is 0.308 e. The topological polar surface area (TPSA) is 75.4 Å². The average Bonchev–Trinajstić information content (AvgIpc) is 3.27. The van der Waals surface area contributed by atoms with Gasteiger partial charge in [0.1, 0.15) is 5.82 Å². The molecule has 2 heterocycles. The maximum Gasteiger partial charge on any atom is 0.308 e. The third-order valence-corrected chi connectivity index (χ3v) is 4.90. The summed E-state index contributed by atoms with van der Waals surface area (Å²) < 4.78 is 1.98. The van der Waals surface area contributed by atoms with Gasteiger partial charge < -0.3 is 14.6 Å². The number of rotatable bonds is 6. The molecule has 1 amide bonds. The van der Waals surface area contributed by atoms with Crippen molar-refractivity contribution in [1.29, 1.82) is 0 Å². The van der Waals surface area contributed by atoms with E-state index in [0.717, 1.165) is 17.8 Å². The summed E-state index contributed by atoms with van der Waals surface area (Å²) in [7, 11) is 0. The Kier molecular flexibility index (Phi) is 5.16. The van der Waals surface area contributed by atoms with Crippen LogP contribution in [-0.4, -0.2) is 44.5 Å². The van der Waals surface area contributed by atoms with Crippen LogP contribution in [0.5, 0.6) is 0 Å². The largest absolute Gasteiger partial charge is 0.481 e. The number of hydrogen-bond acceptors (Lipinski definition) is 3. The third kappa shape index (κ3) is 3.73. The van der Waals surface area contributed by atoms with Crippen molar-refractivity contribution in [1.82, 2.24) is 14.5 Å². The molecule has 25 heavy (non-hydrogen) atoms. The first-order chi connectivity index (χ1) is 12.1. The number of amides is 1. The Balaban J connectivity index is 1.66. The zero-order valence-corrected chi connectivity index (χ0v) is 14.3. The minimum absolute atomic E-state index is 0.000402. The van der Waals surface area contributed by atoms with Crippen molar-refractivity contribution in [3.8, 4) is 0 Å². The first kappa shape index (κ1) is 17.2. The molecule has 0 bridgehead atoms. The lowest BCUT2D eigenvalue weighted by atomic mass is 9.89. The highest BCUT2D eigenvalue weighted by atomic mass is 16.4. The minimum Gasteiger partial charge on any atom is -0.481 e. The van der Waals surface area contributed by atoms with E-state index in [-0.39, 0.29) is 18.4 Å². The predicted octanol–water partition coefficient (Wildman–Crippen LogP) is 2.16. The maximum atomic E-state index is 12.6. The van der Waals surface area contributed by atoms with E-state index in [4.69, 9.17) is 0 Å². The zero-order valence-electron chi connectivity index (χ0n) is 14.3. The molecule has 1 saturated heterocycles. The molecule has 132 valence electrons. The molecule has 2 aromatic rings. The zero-order chi connectivity index (χ0) is 17.8. The van der Waals surface area contributed by atoms with Gasteiger partial charge in [0.25, 0.3) is 0 Å². The van der Waals surface area contributed by atoms with E-state index in [0.29, 0.717) is 19.5 Å².